The topological polar surface area (TPSA) is 89.5 Å². The van der Waals surface area contributed by atoms with E-state index in [1.54, 1.807) is 7.05 Å². The molecule has 0 radical (unpaired) electrons. The minimum Gasteiger partial charge on any atom is -0.378 e. The molecular formula is C19H37IN6O3. The number of morpholine rings is 1. The van der Waals surface area contributed by atoms with Gasteiger partial charge in [-0.05, 0) is 20.8 Å². The Hall–Kier alpha value is -1.14. The van der Waals surface area contributed by atoms with Crippen molar-refractivity contribution in [2.45, 2.75) is 20.8 Å². The Morgan fingerprint density at radius 3 is 2.17 bits per heavy atom. The Labute approximate surface area is 191 Å². The first-order valence-electron chi connectivity index (χ1n) is 10.2. The van der Waals surface area contributed by atoms with E-state index in [1.165, 1.54) is 0 Å². The molecule has 2 rings (SSSR count). The zero-order valence-corrected chi connectivity index (χ0v) is 20.5. The highest BCUT2D eigenvalue weighted by molar-refractivity contribution is 14.0. The maximum Gasteiger partial charge on any atom is 0.236 e. The van der Waals surface area contributed by atoms with Crippen LogP contribution in [0.25, 0.3) is 0 Å². The van der Waals surface area contributed by atoms with Crippen LogP contribution in [0.5, 0.6) is 0 Å². The predicted octanol–water partition coefficient (Wildman–Crippen LogP) is -0.181. The number of halogens is 1. The minimum absolute atomic E-state index is 0. The van der Waals surface area contributed by atoms with Gasteiger partial charge in [-0.3, -0.25) is 19.5 Å². The summed E-state index contributed by atoms with van der Waals surface area (Å²) >= 11 is 0. The Bertz CT molecular complexity index is 558. The molecule has 2 aliphatic heterocycles. The molecule has 2 amide bonds. The van der Waals surface area contributed by atoms with Crippen molar-refractivity contribution in [1.82, 2.24) is 25.3 Å². The van der Waals surface area contributed by atoms with Crippen LogP contribution in [0.4, 0.5) is 0 Å². The summed E-state index contributed by atoms with van der Waals surface area (Å²) in [7, 11) is 1.76. The van der Waals surface area contributed by atoms with Crippen LogP contribution in [0.2, 0.25) is 0 Å². The first-order valence-corrected chi connectivity index (χ1v) is 10.2. The average molecular weight is 524 g/mol. The fourth-order valence-electron chi connectivity index (χ4n) is 3.33. The maximum atomic E-state index is 12.4. The number of piperazine rings is 1. The molecule has 0 saturated carbocycles. The second kappa shape index (κ2) is 12.5. The van der Waals surface area contributed by atoms with Crippen LogP contribution in [0, 0.1) is 5.41 Å². The number of nitrogens with zero attached hydrogens (tertiary/aromatic N) is 4. The first-order chi connectivity index (χ1) is 13.4. The number of nitrogens with one attached hydrogen (secondary N) is 2. The zero-order valence-electron chi connectivity index (χ0n) is 18.2. The van der Waals surface area contributed by atoms with Crippen LogP contribution in [0.15, 0.2) is 4.99 Å². The third kappa shape index (κ3) is 7.89. The van der Waals surface area contributed by atoms with E-state index in [4.69, 9.17) is 4.74 Å². The molecule has 0 aliphatic carbocycles. The van der Waals surface area contributed by atoms with Gasteiger partial charge in [-0.1, -0.05) is 0 Å². The van der Waals surface area contributed by atoms with Gasteiger partial charge < -0.3 is 25.2 Å². The van der Waals surface area contributed by atoms with Gasteiger partial charge in [0.1, 0.15) is 0 Å². The monoisotopic (exact) mass is 524 g/mol. The van der Waals surface area contributed by atoms with Crippen LogP contribution >= 0.6 is 24.0 Å². The van der Waals surface area contributed by atoms with Gasteiger partial charge in [-0.2, -0.15) is 0 Å². The van der Waals surface area contributed by atoms with E-state index < -0.39 is 5.41 Å². The quantitative estimate of drug-likeness (QED) is 0.285. The van der Waals surface area contributed by atoms with E-state index in [0.29, 0.717) is 45.9 Å². The molecule has 168 valence electrons. The first kappa shape index (κ1) is 25.9. The maximum absolute atomic E-state index is 12.4. The number of hydrogen-bond donors (Lipinski definition) is 2. The highest BCUT2D eigenvalue weighted by Crippen LogP contribution is 2.14. The van der Waals surface area contributed by atoms with Crippen LogP contribution in [0.3, 0.4) is 0 Å². The molecule has 2 aliphatic rings. The van der Waals surface area contributed by atoms with Gasteiger partial charge >= 0.3 is 0 Å². The number of carbonyl (C=O) groups is 2. The van der Waals surface area contributed by atoms with Gasteiger partial charge in [-0.25, -0.2) is 0 Å². The molecule has 2 N–H and O–H groups in total. The molecule has 0 bridgehead atoms. The second-order valence-corrected chi connectivity index (χ2v) is 7.90. The van der Waals surface area contributed by atoms with Gasteiger partial charge in [0.2, 0.25) is 11.8 Å². The fraction of sp³-hybridized carbons (Fsp3) is 0.842. The summed E-state index contributed by atoms with van der Waals surface area (Å²) in [6, 6.07) is 0. The molecular weight excluding hydrogens is 487 g/mol. The predicted molar refractivity (Wildman–Crippen MR) is 125 cm³/mol. The standard InChI is InChI=1S/C19H36N6O3.HI/c1-5-21-17(27)19(2,3)15-22-18(20-4)25-8-6-23(7-9-25)14-16(26)24-10-12-28-13-11-24;/h5-15H2,1-4H3,(H,20,22)(H,21,27);1H. The average Bonchev–Trinajstić information content (AvgIpc) is 2.70. The van der Waals surface area contributed by atoms with Crippen molar-refractivity contribution < 1.29 is 14.3 Å². The summed E-state index contributed by atoms with van der Waals surface area (Å²) in [6.07, 6.45) is 0. The minimum atomic E-state index is -0.516. The van der Waals surface area contributed by atoms with Crippen LogP contribution in [-0.2, 0) is 14.3 Å². The highest BCUT2D eigenvalue weighted by atomic mass is 127. The number of guanidine groups is 1. The van der Waals surface area contributed by atoms with Crippen molar-refractivity contribution in [1.29, 1.82) is 0 Å². The molecule has 2 fully saturated rings. The summed E-state index contributed by atoms with van der Waals surface area (Å²) in [5.41, 5.74) is -0.516. The summed E-state index contributed by atoms with van der Waals surface area (Å²) in [5.74, 6) is 1.02. The smallest absolute Gasteiger partial charge is 0.236 e. The second-order valence-electron chi connectivity index (χ2n) is 7.90. The van der Waals surface area contributed by atoms with Crippen molar-refractivity contribution >= 4 is 41.8 Å². The van der Waals surface area contributed by atoms with Gasteiger partial charge in [0.25, 0.3) is 0 Å². The normalized spacial score (nSPS) is 18.8. The van der Waals surface area contributed by atoms with E-state index >= 15 is 0 Å². The molecule has 0 spiro atoms. The molecule has 0 unspecified atom stereocenters. The van der Waals surface area contributed by atoms with E-state index in [0.717, 1.165) is 32.1 Å². The van der Waals surface area contributed by atoms with Crippen LogP contribution in [-0.4, -0.2) is 112 Å². The lowest BCUT2D eigenvalue weighted by atomic mass is 9.92. The number of ether oxygens (including phenoxy) is 1. The summed E-state index contributed by atoms with van der Waals surface area (Å²) in [4.78, 5) is 35.2. The molecule has 2 heterocycles. The third-order valence-corrected chi connectivity index (χ3v) is 5.25. The number of carbonyl (C=O) groups excluding carboxylic acids is 2. The van der Waals surface area contributed by atoms with Gasteiger partial charge in [0, 0.05) is 59.4 Å². The lowest BCUT2D eigenvalue weighted by Gasteiger charge is -2.38. The largest absolute Gasteiger partial charge is 0.378 e. The van der Waals surface area contributed by atoms with Gasteiger partial charge in [0.15, 0.2) is 5.96 Å². The lowest BCUT2D eigenvalue weighted by Crippen LogP contribution is -2.56. The molecule has 0 aromatic rings. The van der Waals surface area contributed by atoms with E-state index in [9.17, 15) is 9.59 Å². The Balaban J connectivity index is 0.00000420. The molecule has 0 atom stereocenters. The van der Waals surface area contributed by atoms with E-state index in [1.807, 2.05) is 25.7 Å². The Morgan fingerprint density at radius 1 is 1.00 bits per heavy atom. The third-order valence-electron chi connectivity index (χ3n) is 5.25. The number of amides is 2. The van der Waals surface area contributed by atoms with Crippen molar-refractivity contribution in [3.63, 3.8) is 0 Å². The molecule has 9 nitrogen and oxygen atoms in total. The Kier molecular flexibility index (Phi) is 11.2. The summed E-state index contributed by atoms with van der Waals surface area (Å²) < 4.78 is 5.31. The Morgan fingerprint density at radius 2 is 1.62 bits per heavy atom. The molecule has 10 heteroatoms. The molecule has 2 saturated heterocycles. The molecule has 0 aromatic heterocycles. The van der Waals surface area contributed by atoms with Crippen molar-refractivity contribution in [2.75, 3.05) is 79.2 Å². The lowest BCUT2D eigenvalue weighted by molar-refractivity contribution is -0.136. The van der Waals surface area contributed by atoms with Gasteiger partial charge in [0.05, 0.1) is 25.2 Å². The number of hydrogen-bond acceptors (Lipinski definition) is 5. The summed E-state index contributed by atoms with van der Waals surface area (Å²) in [5, 5.41) is 6.21. The highest BCUT2D eigenvalue weighted by Gasteiger charge is 2.29. The van der Waals surface area contributed by atoms with Crippen molar-refractivity contribution in [2.24, 2.45) is 10.4 Å². The molecule has 0 aromatic carbocycles. The van der Waals surface area contributed by atoms with Crippen molar-refractivity contribution in [3.8, 4) is 0 Å². The van der Waals surface area contributed by atoms with Gasteiger partial charge in [-0.15, -0.1) is 24.0 Å². The SMILES string of the molecule is CCNC(=O)C(C)(C)CNC(=NC)N1CCN(CC(=O)N2CCOCC2)CC1.I. The summed E-state index contributed by atoms with van der Waals surface area (Å²) in [6.45, 7) is 13.3. The molecule has 29 heavy (non-hydrogen) atoms. The zero-order chi connectivity index (χ0) is 20.6. The number of rotatable bonds is 6. The van der Waals surface area contributed by atoms with Crippen molar-refractivity contribution in [3.05, 3.63) is 0 Å². The van der Waals surface area contributed by atoms with E-state index in [2.05, 4.69) is 25.4 Å². The fourth-order valence-corrected chi connectivity index (χ4v) is 3.33. The van der Waals surface area contributed by atoms with Crippen LogP contribution < -0.4 is 10.6 Å². The van der Waals surface area contributed by atoms with Crippen LogP contribution in [0.1, 0.15) is 20.8 Å². The number of aliphatic imine (C=N–C) groups is 1. The van der Waals surface area contributed by atoms with E-state index in [-0.39, 0.29) is 35.8 Å².